The SMILES string of the molecule is O=C1CO[C@@H]2CN(c3ncccn3)C[C@H]2N1Cc1ccccc1. The van der Waals surface area contributed by atoms with Gasteiger partial charge in [0.05, 0.1) is 12.1 Å². The molecule has 0 radical (unpaired) electrons. The average Bonchev–Trinajstić information content (AvgIpc) is 3.04. The zero-order valence-corrected chi connectivity index (χ0v) is 12.7. The number of nitrogens with zero attached hydrogens (tertiary/aromatic N) is 4. The number of ether oxygens (including phenoxy) is 1. The Morgan fingerprint density at radius 2 is 1.87 bits per heavy atom. The highest BCUT2D eigenvalue weighted by Crippen LogP contribution is 2.27. The number of hydrogen-bond donors (Lipinski definition) is 0. The van der Waals surface area contributed by atoms with Gasteiger partial charge in [0.15, 0.2) is 0 Å². The summed E-state index contributed by atoms with van der Waals surface area (Å²) >= 11 is 0. The maximum Gasteiger partial charge on any atom is 0.249 e. The number of amides is 1. The monoisotopic (exact) mass is 310 g/mol. The van der Waals surface area contributed by atoms with Crippen molar-refractivity contribution in [2.45, 2.75) is 18.7 Å². The van der Waals surface area contributed by atoms with Crippen LogP contribution < -0.4 is 4.90 Å². The maximum absolute atomic E-state index is 12.3. The molecule has 2 aliphatic heterocycles. The van der Waals surface area contributed by atoms with Gasteiger partial charge in [0, 0.05) is 32.0 Å². The summed E-state index contributed by atoms with van der Waals surface area (Å²) in [6.07, 6.45) is 3.48. The van der Waals surface area contributed by atoms with Crippen molar-refractivity contribution in [1.82, 2.24) is 14.9 Å². The molecule has 0 bridgehead atoms. The number of fused-ring (bicyclic) bond motifs is 1. The van der Waals surface area contributed by atoms with Crippen LogP contribution in [0, 0.1) is 0 Å². The van der Waals surface area contributed by atoms with Crippen LogP contribution in [-0.2, 0) is 16.1 Å². The number of carbonyl (C=O) groups excluding carboxylic acids is 1. The summed E-state index contributed by atoms with van der Waals surface area (Å²) in [5.74, 6) is 0.739. The van der Waals surface area contributed by atoms with Crippen molar-refractivity contribution >= 4 is 11.9 Å². The minimum absolute atomic E-state index is 0.0141. The van der Waals surface area contributed by atoms with E-state index in [0.29, 0.717) is 25.6 Å². The van der Waals surface area contributed by atoms with Crippen LogP contribution in [0.4, 0.5) is 5.95 Å². The number of benzene rings is 1. The van der Waals surface area contributed by atoms with Crippen LogP contribution >= 0.6 is 0 Å². The minimum Gasteiger partial charge on any atom is -0.364 e. The molecule has 1 aromatic carbocycles. The van der Waals surface area contributed by atoms with E-state index in [1.807, 2.05) is 35.2 Å². The molecule has 2 aromatic rings. The van der Waals surface area contributed by atoms with Crippen molar-refractivity contribution in [1.29, 1.82) is 0 Å². The number of morpholine rings is 1. The van der Waals surface area contributed by atoms with Gasteiger partial charge in [-0.2, -0.15) is 0 Å². The first-order valence-corrected chi connectivity index (χ1v) is 7.78. The van der Waals surface area contributed by atoms with Crippen molar-refractivity contribution in [3.8, 4) is 0 Å². The molecule has 2 aliphatic rings. The third-order valence-electron chi connectivity index (χ3n) is 4.41. The number of aromatic nitrogens is 2. The molecule has 1 aromatic heterocycles. The molecule has 2 atom stereocenters. The summed E-state index contributed by atoms with van der Waals surface area (Å²) in [5.41, 5.74) is 1.14. The van der Waals surface area contributed by atoms with Gasteiger partial charge in [-0.3, -0.25) is 4.79 Å². The van der Waals surface area contributed by atoms with E-state index in [4.69, 9.17) is 4.74 Å². The molecule has 118 valence electrons. The number of rotatable bonds is 3. The molecule has 1 amide bonds. The third-order valence-corrected chi connectivity index (χ3v) is 4.41. The molecule has 3 heterocycles. The van der Waals surface area contributed by atoms with E-state index in [0.717, 1.165) is 5.56 Å². The molecule has 23 heavy (non-hydrogen) atoms. The van der Waals surface area contributed by atoms with Crippen LogP contribution in [0.25, 0.3) is 0 Å². The largest absolute Gasteiger partial charge is 0.364 e. The first-order valence-electron chi connectivity index (χ1n) is 7.78. The van der Waals surface area contributed by atoms with Crippen LogP contribution in [0.3, 0.4) is 0 Å². The lowest BCUT2D eigenvalue weighted by Gasteiger charge is -2.36. The predicted octanol–water partition coefficient (Wildman–Crippen LogP) is 1.09. The quantitative estimate of drug-likeness (QED) is 0.849. The van der Waals surface area contributed by atoms with E-state index in [1.54, 1.807) is 18.5 Å². The Morgan fingerprint density at radius 3 is 2.65 bits per heavy atom. The third kappa shape index (κ3) is 2.77. The first-order chi connectivity index (χ1) is 11.3. The van der Waals surface area contributed by atoms with E-state index >= 15 is 0 Å². The van der Waals surface area contributed by atoms with Gasteiger partial charge in [-0.25, -0.2) is 9.97 Å². The average molecular weight is 310 g/mol. The fraction of sp³-hybridized carbons (Fsp3) is 0.353. The zero-order chi connectivity index (χ0) is 15.6. The Morgan fingerprint density at radius 1 is 1.09 bits per heavy atom. The normalized spacial score (nSPS) is 23.9. The second kappa shape index (κ2) is 5.96. The number of anilines is 1. The Balaban J connectivity index is 1.54. The van der Waals surface area contributed by atoms with Crippen LogP contribution in [0.15, 0.2) is 48.8 Å². The van der Waals surface area contributed by atoms with E-state index in [1.165, 1.54) is 0 Å². The maximum atomic E-state index is 12.3. The topological polar surface area (TPSA) is 58.6 Å². The van der Waals surface area contributed by atoms with Crippen LogP contribution in [0.5, 0.6) is 0 Å². The molecule has 2 fully saturated rings. The van der Waals surface area contributed by atoms with Crippen molar-refractivity contribution < 1.29 is 9.53 Å². The number of hydrogen-bond acceptors (Lipinski definition) is 5. The molecular formula is C17H18N4O2. The minimum atomic E-state index is 0.0141. The van der Waals surface area contributed by atoms with Gasteiger partial charge in [-0.05, 0) is 11.6 Å². The summed E-state index contributed by atoms with van der Waals surface area (Å²) in [7, 11) is 0. The van der Waals surface area contributed by atoms with Gasteiger partial charge in [0.2, 0.25) is 11.9 Å². The second-order valence-electron chi connectivity index (χ2n) is 5.88. The molecule has 6 heteroatoms. The number of carbonyl (C=O) groups is 1. The summed E-state index contributed by atoms with van der Waals surface area (Å²) in [6.45, 7) is 2.19. The molecule has 0 unspecified atom stereocenters. The Kier molecular flexibility index (Phi) is 3.67. The van der Waals surface area contributed by atoms with E-state index < -0.39 is 0 Å². The summed E-state index contributed by atoms with van der Waals surface area (Å²) < 4.78 is 5.75. The summed E-state index contributed by atoms with van der Waals surface area (Å²) in [6, 6.07) is 11.9. The molecular weight excluding hydrogens is 292 g/mol. The lowest BCUT2D eigenvalue weighted by Crippen LogP contribution is -2.53. The predicted molar refractivity (Wildman–Crippen MR) is 84.8 cm³/mol. The molecule has 2 saturated heterocycles. The molecule has 0 saturated carbocycles. The molecule has 6 nitrogen and oxygen atoms in total. The highest BCUT2D eigenvalue weighted by Gasteiger charge is 2.43. The molecule has 0 N–H and O–H groups in total. The van der Waals surface area contributed by atoms with Crippen LogP contribution in [0.1, 0.15) is 5.56 Å². The standard InChI is InChI=1S/C17H18N4O2/c22-16-12-23-15-11-20(17-18-7-4-8-19-17)10-14(15)21(16)9-13-5-2-1-3-6-13/h1-8,14-15H,9-12H2/t14-,15-/m1/s1. The zero-order valence-electron chi connectivity index (χ0n) is 12.7. The van der Waals surface area contributed by atoms with Crippen molar-refractivity contribution in [2.75, 3.05) is 24.6 Å². The fourth-order valence-corrected chi connectivity index (χ4v) is 3.27. The first kappa shape index (κ1) is 14.1. The lowest BCUT2D eigenvalue weighted by molar-refractivity contribution is -0.153. The van der Waals surface area contributed by atoms with E-state index in [-0.39, 0.29) is 24.7 Å². The Hall–Kier alpha value is -2.47. The van der Waals surface area contributed by atoms with Gasteiger partial charge < -0.3 is 14.5 Å². The van der Waals surface area contributed by atoms with Gasteiger partial charge in [-0.15, -0.1) is 0 Å². The van der Waals surface area contributed by atoms with Gasteiger partial charge in [-0.1, -0.05) is 30.3 Å². The van der Waals surface area contributed by atoms with Crippen molar-refractivity contribution in [2.24, 2.45) is 0 Å². The Labute approximate surface area is 134 Å². The summed E-state index contributed by atoms with van der Waals surface area (Å²) in [5, 5.41) is 0. The van der Waals surface area contributed by atoms with Gasteiger partial charge >= 0.3 is 0 Å². The highest BCUT2D eigenvalue weighted by atomic mass is 16.5. The highest BCUT2D eigenvalue weighted by molar-refractivity contribution is 5.79. The van der Waals surface area contributed by atoms with Gasteiger partial charge in [0.25, 0.3) is 0 Å². The van der Waals surface area contributed by atoms with Gasteiger partial charge in [0.1, 0.15) is 6.61 Å². The second-order valence-corrected chi connectivity index (χ2v) is 5.88. The Bertz CT molecular complexity index is 680. The molecule has 0 spiro atoms. The van der Waals surface area contributed by atoms with E-state index in [9.17, 15) is 4.79 Å². The molecule has 0 aliphatic carbocycles. The van der Waals surface area contributed by atoms with Crippen LogP contribution in [-0.4, -0.2) is 52.6 Å². The lowest BCUT2D eigenvalue weighted by atomic mass is 10.1. The van der Waals surface area contributed by atoms with Crippen molar-refractivity contribution in [3.63, 3.8) is 0 Å². The molecule has 4 rings (SSSR count). The van der Waals surface area contributed by atoms with Crippen molar-refractivity contribution in [3.05, 3.63) is 54.4 Å². The summed E-state index contributed by atoms with van der Waals surface area (Å²) in [4.78, 5) is 25.0. The fourth-order valence-electron chi connectivity index (χ4n) is 3.27. The smallest absolute Gasteiger partial charge is 0.249 e. The van der Waals surface area contributed by atoms with E-state index in [2.05, 4.69) is 14.9 Å². The van der Waals surface area contributed by atoms with Crippen LogP contribution in [0.2, 0.25) is 0 Å².